The van der Waals surface area contributed by atoms with Crippen LogP contribution in [-0.2, 0) is 12.8 Å². The van der Waals surface area contributed by atoms with Crippen LogP contribution >= 0.6 is 0 Å². The van der Waals surface area contributed by atoms with Crippen LogP contribution in [0.5, 0.6) is 11.5 Å². The number of amides is 1. The van der Waals surface area contributed by atoms with Crippen molar-refractivity contribution < 1.29 is 14.6 Å². The molecule has 3 rings (SSSR count). The van der Waals surface area contributed by atoms with Crippen LogP contribution in [0.2, 0.25) is 0 Å². The molecule has 0 atom stereocenters. The lowest BCUT2D eigenvalue weighted by Gasteiger charge is -2.03. The van der Waals surface area contributed by atoms with E-state index in [1.807, 2.05) is 24.3 Å². The van der Waals surface area contributed by atoms with Gasteiger partial charge in [0.15, 0.2) is 0 Å². The van der Waals surface area contributed by atoms with Gasteiger partial charge in [-0.2, -0.15) is 5.10 Å². The molecule has 0 saturated carbocycles. The Kier molecular flexibility index (Phi) is 4.94. The van der Waals surface area contributed by atoms with E-state index < -0.39 is 5.91 Å². The first-order valence-corrected chi connectivity index (χ1v) is 7.77. The molecule has 0 aliphatic rings. The minimum absolute atomic E-state index is 0.0104. The van der Waals surface area contributed by atoms with E-state index in [0.29, 0.717) is 5.82 Å². The number of aromatic amines is 1. The fraction of sp³-hybridized carbons (Fsp3) is 0.167. The molecule has 2 heterocycles. The molecular weight excluding hydrogens is 320 g/mol. The van der Waals surface area contributed by atoms with Crippen LogP contribution in [0.15, 0.2) is 48.7 Å². The van der Waals surface area contributed by atoms with Crippen LogP contribution in [0.1, 0.15) is 21.7 Å². The molecular formula is C18H18N4O3. The summed E-state index contributed by atoms with van der Waals surface area (Å²) in [5.41, 5.74) is 2.12. The van der Waals surface area contributed by atoms with Gasteiger partial charge < -0.3 is 15.2 Å². The number of anilines is 1. The standard InChI is InChI=1S/C18H18N4O3/c1-25-15-4-2-3-12(9-15)5-6-13-10-17(22-21-13)20-18(24)16-11-14(23)7-8-19-16/h2-4,7-11H,5-6H2,1H3,(H,19,23)(H2,20,21,22,24). The van der Waals surface area contributed by atoms with Crippen molar-refractivity contribution >= 4 is 11.7 Å². The molecule has 25 heavy (non-hydrogen) atoms. The molecule has 1 aromatic carbocycles. The van der Waals surface area contributed by atoms with Gasteiger partial charge in [0.2, 0.25) is 0 Å². The lowest BCUT2D eigenvalue weighted by atomic mass is 10.1. The maximum Gasteiger partial charge on any atom is 0.275 e. The lowest BCUT2D eigenvalue weighted by Crippen LogP contribution is -2.13. The predicted molar refractivity (Wildman–Crippen MR) is 92.8 cm³/mol. The van der Waals surface area contributed by atoms with E-state index in [0.717, 1.165) is 29.8 Å². The van der Waals surface area contributed by atoms with Gasteiger partial charge in [0.05, 0.1) is 12.8 Å². The first kappa shape index (κ1) is 16.5. The number of hydrogen-bond donors (Lipinski definition) is 3. The summed E-state index contributed by atoms with van der Waals surface area (Å²) in [6.07, 6.45) is 2.91. The monoisotopic (exact) mass is 338 g/mol. The molecule has 0 saturated heterocycles. The number of aromatic nitrogens is 3. The van der Waals surface area contributed by atoms with Crippen LogP contribution in [0.25, 0.3) is 0 Å². The van der Waals surface area contributed by atoms with Crippen LogP contribution in [0.3, 0.4) is 0 Å². The third-order valence-corrected chi connectivity index (χ3v) is 3.66. The Morgan fingerprint density at radius 2 is 2.12 bits per heavy atom. The SMILES string of the molecule is COc1cccc(CCc2cc(NC(=O)c3cc(O)ccn3)[nH]n2)c1. The molecule has 7 nitrogen and oxygen atoms in total. The molecule has 0 aliphatic carbocycles. The number of aromatic hydroxyl groups is 1. The third-order valence-electron chi connectivity index (χ3n) is 3.66. The molecule has 0 unspecified atom stereocenters. The number of carbonyl (C=O) groups is 1. The van der Waals surface area contributed by atoms with Crippen molar-refractivity contribution in [2.45, 2.75) is 12.8 Å². The Morgan fingerprint density at radius 3 is 2.92 bits per heavy atom. The van der Waals surface area contributed by atoms with Gasteiger partial charge in [-0.15, -0.1) is 0 Å². The van der Waals surface area contributed by atoms with E-state index in [4.69, 9.17) is 4.74 Å². The quantitative estimate of drug-likeness (QED) is 0.641. The zero-order valence-corrected chi connectivity index (χ0v) is 13.7. The second kappa shape index (κ2) is 7.48. The largest absolute Gasteiger partial charge is 0.508 e. The van der Waals surface area contributed by atoms with E-state index in [-0.39, 0.29) is 11.4 Å². The van der Waals surface area contributed by atoms with Crippen molar-refractivity contribution in [1.29, 1.82) is 0 Å². The molecule has 7 heteroatoms. The molecule has 128 valence electrons. The predicted octanol–water partition coefficient (Wildman–Crippen LogP) is 2.56. The van der Waals surface area contributed by atoms with Crippen LogP contribution in [-0.4, -0.2) is 33.3 Å². The van der Waals surface area contributed by atoms with Crippen molar-refractivity contribution in [2.75, 3.05) is 12.4 Å². The summed E-state index contributed by atoms with van der Waals surface area (Å²) in [7, 11) is 1.64. The molecule has 0 spiro atoms. The number of methoxy groups -OCH3 is 1. The highest BCUT2D eigenvalue weighted by atomic mass is 16.5. The summed E-state index contributed by atoms with van der Waals surface area (Å²) in [6, 6.07) is 12.4. The summed E-state index contributed by atoms with van der Waals surface area (Å²) in [6.45, 7) is 0. The first-order chi connectivity index (χ1) is 12.1. The molecule has 0 aliphatic heterocycles. The van der Waals surface area contributed by atoms with E-state index >= 15 is 0 Å². The van der Waals surface area contributed by atoms with Crippen molar-refractivity contribution in [2.24, 2.45) is 0 Å². The molecule has 0 radical (unpaired) electrons. The maximum absolute atomic E-state index is 12.1. The van der Waals surface area contributed by atoms with Gasteiger partial charge in [-0.1, -0.05) is 12.1 Å². The average Bonchev–Trinajstić information content (AvgIpc) is 3.07. The highest BCUT2D eigenvalue weighted by molar-refractivity contribution is 6.02. The number of nitrogens with zero attached hydrogens (tertiary/aromatic N) is 2. The number of aryl methyl sites for hydroxylation is 2. The Hall–Kier alpha value is -3.35. The Morgan fingerprint density at radius 1 is 1.24 bits per heavy atom. The Balaban J connectivity index is 1.59. The minimum Gasteiger partial charge on any atom is -0.508 e. The van der Waals surface area contributed by atoms with Crippen LogP contribution < -0.4 is 10.1 Å². The number of hydrogen-bond acceptors (Lipinski definition) is 5. The molecule has 2 aromatic heterocycles. The van der Waals surface area contributed by atoms with Gasteiger partial charge in [0.1, 0.15) is 23.0 Å². The van der Waals surface area contributed by atoms with Crippen molar-refractivity contribution in [1.82, 2.24) is 15.2 Å². The number of H-pyrrole nitrogens is 1. The average molecular weight is 338 g/mol. The summed E-state index contributed by atoms with van der Waals surface area (Å²) >= 11 is 0. The van der Waals surface area contributed by atoms with Crippen molar-refractivity contribution in [3.05, 3.63) is 65.6 Å². The summed E-state index contributed by atoms with van der Waals surface area (Å²) in [5.74, 6) is 0.879. The van der Waals surface area contributed by atoms with Gasteiger partial charge in [0, 0.05) is 18.3 Å². The number of pyridine rings is 1. The molecule has 3 aromatic rings. The zero-order chi connectivity index (χ0) is 17.6. The van der Waals surface area contributed by atoms with E-state index in [2.05, 4.69) is 20.5 Å². The summed E-state index contributed by atoms with van der Waals surface area (Å²) in [4.78, 5) is 16.0. The molecule has 1 amide bonds. The number of nitrogens with one attached hydrogen (secondary N) is 2. The van der Waals surface area contributed by atoms with E-state index in [1.165, 1.54) is 18.3 Å². The Bertz CT molecular complexity index is 876. The number of rotatable bonds is 6. The highest BCUT2D eigenvalue weighted by Crippen LogP contribution is 2.16. The molecule has 3 N–H and O–H groups in total. The van der Waals surface area contributed by atoms with Gasteiger partial charge >= 0.3 is 0 Å². The van der Waals surface area contributed by atoms with Gasteiger partial charge in [-0.05, 0) is 36.6 Å². The smallest absolute Gasteiger partial charge is 0.275 e. The van der Waals surface area contributed by atoms with E-state index in [9.17, 15) is 9.90 Å². The fourth-order valence-electron chi connectivity index (χ4n) is 2.39. The van der Waals surface area contributed by atoms with Crippen molar-refractivity contribution in [3.63, 3.8) is 0 Å². The van der Waals surface area contributed by atoms with Crippen LogP contribution in [0.4, 0.5) is 5.82 Å². The normalized spacial score (nSPS) is 10.4. The Labute approximate surface area is 144 Å². The fourth-order valence-corrected chi connectivity index (χ4v) is 2.39. The third kappa shape index (κ3) is 4.35. The number of ether oxygens (including phenoxy) is 1. The summed E-state index contributed by atoms with van der Waals surface area (Å²) in [5, 5.41) is 19.1. The topological polar surface area (TPSA) is 100 Å². The summed E-state index contributed by atoms with van der Waals surface area (Å²) < 4.78 is 5.21. The van der Waals surface area contributed by atoms with Crippen molar-refractivity contribution in [3.8, 4) is 11.5 Å². The second-order valence-corrected chi connectivity index (χ2v) is 5.48. The zero-order valence-electron chi connectivity index (χ0n) is 13.7. The molecule has 0 bridgehead atoms. The minimum atomic E-state index is -0.418. The lowest BCUT2D eigenvalue weighted by molar-refractivity contribution is 0.102. The van der Waals surface area contributed by atoms with Gasteiger partial charge in [-0.3, -0.25) is 14.9 Å². The molecule has 0 fully saturated rings. The van der Waals surface area contributed by atoms with Gasteiger partial charge in [0.25, 0.3) is 5.91 Å². The number of carbonyl (C=O) groups excluding carboxylic acids is 1. The second-order valence-electron chi connectivity index (χ2n) is 5.48. The maximum atomic E-state index is 12.1. The number of benzene rings is 1. The first-order valence-electron chi connectivity index (χ1n) is 7.77. The van der Waals surface area contributed by atoms with Gasteiger partial charge in [-0.25, -0.2) is 0 Å². The van der Waals surface area contributed by atoms with Crippen LogP contribution in [0, 0.1) is 0 Å². The highest BCUT2D eigenvalue weighted by Gasteiger charge is 2.10. The van der Waals surface area contributed by atoms with E-state index in [1.54, 1.807) is 13.2 Å².